The molecule has 0 aromatic heterocycles. The maximum absolute atomic E-state index is 13.0. The molecule has 2 aliphatic rings. The number of likely N-dealkylation sites (tertiary alicyclic amines) is 1. The Kier molecular flexibility index (Phi) is 9.21. The van der Waals surface area contributed by atoms with Crippen molar-refractivity contribution in [2.75, 3.05) is 13.1 Å². The number of halogens is 6. The van der Waals surface area contributed by atoms with Gasteiger partial charge in [0.1, 0.15) is 0 Å². The average Bonchev–Trinajstić information content (AvgIpc) is 2.71. The lowest BCUT2D eigenvalue weighted by molar-refractivity contribution is -0.138. The highest BCUT2D eigenvalue weighted by atomic mass is 19.4. The smallest absolute Gasteiger partial charge is 0.389 e. The predicted octanol–water partition coefficient (Wildman–Crippen LogP) is 4.02. The summed E-state index contributed by atoms with van der Waals surface area (Å²) in [6.07, 6.45) is -4.90. The minimum absolute atomic E-state index is 0.0898. The minimum Gasteiger partial charge on any atom is -0.389 e. The second-order valence-electron chi connectivity index (χ2n) is 9.40. The van der Waals surface area contributed by atoms with Gasteiger partial charge in [0.2, 0.25) is 11.8 Å². The van der Waals surface area contributed by atoms with E-state index in [-0.39, 0.29) is 50.4 Å². The van der Waals surface area contributed by atoms with Crippen molar-refractivity contribution >= 4 is 11.8 Å². The van der Waals surface area contributed by atoms with E-state index in [1.54, 1.807) is 4.90 Å². The Morgan fingerprint density at radius 3 is 2.06 bits per heavy atom. The number of alkyl halides is 6. The first-order valence-electron chi connectivity index (χ1n) is 11.3. The van der Waals surface area contributed by atoms with Gasteiger partial charge in [0.25, 0.3) is 0 Å². The number of amides is 2. The first-order chi connectivity index (χ1) is 16.0. The van der Waals surface area contributed by atoms with Crippen LogP contribution < -0.4 is 11.1 Å². The fourth-order valence-electron chi connectivity index (χ4n) is 4.26. The lowest BCUT2D eigenvalue weighted by atomic mass is 9.79. The van der Waals surface area contributed by atoms with Gasteiger partial charge < -0.3 is 21.1 Å². The highest BCUT2D eigenvalue weighted by Gasteiger charge is 2.39. The zero-order valence-electron chi connectivity index (χ0n) is 19.3. The maximum Gasteiger partial charge on any atom is 0.416 e. The van der Waals surface area contributed by atoms with Crippen molar-refractivity contribution in [2.45, 2.75) is 81.3 Å². The van der Waals surface area contributed by atoms with E-state index in [0.717, 1.165) is 32.1 Å². The summed E-state index contributed by atoms with van der Waals surface area (Å²) in [7, 11) is 0. The predicted molar refractivity (Wildman–Crippen MR) is 117 cm³/mol. The van der Waals surface area contributed by atoms with Crippen molar-refractivity contribution in [3.63, 3.8) is 0 Å². The van der Waals surface area contributed by atoms with Crippen LogP contribution in [0.1, 0.15) is 57.8 Å². The van der Waals surface area contributed by atoms with Crippen LogP contribution in [0.5, 0.6) is 0 Å². The van der Waals surface area contributed by atoms with E-state index >= 15 is 0 Å². The van der Waals surface area contributed by atoms with Crippen LogP contribution in [0, 0.1) is 0 Å². The molecule has 1 aliphatic heterocycles. The lowest BCUT2D eigenvalue weighted by Gasteiger charge is -2.40. The van der Waals surface area contributed by atoms with Crippen molar-refractivity contribution in [1.29, 1.82) is 0 Å². The number of hydrogen-bond donors (Lipinski definition) is 3. The highest BCUT2D eigenvalue weighted by Crippen LogP contribution is 2.33. The van der Waals surface area contributed by atoms with Crippen molar-refractivity contribution in [1.82, 2.24) is 10.2 Å². The molecule has 1 saturated heterocycles. The van der Waals surface area contributed by atoms with Gasteiger partial charge in [-0.2, -0.15) is 26.3 Å². The molecule has 1 saturated carbocycles. The van der Waals surface area contributed by atoms with Gasteiger partial charge in [-0.25, -0.2) is 0 Å². The van der Waals surface area contributed by atoms with Crippen molar-refractivity contribution in [2.24, 2.45) is 5.73 Å². The van der Waals surface area contributed by atoms with Crippen LogP contribution in [0.2, 0.25) is 0 Å². The van der Waals surface area contributed by atoms with Gasteiger partial charge >= 0.3 is 12.4 Å². The number of nitrogens with two attached hydrogens (primary N) is 1. The van der Waals surface area contributed by atoms with E-state index in [4.69, 9.17) is 5.73 Å². The molecule has 198 valence electrons. The molecule has 0 unspecified atom stereocenters. The van der Waals surface area contributed by atoms with Crippen LogP contribution in [0.15, 0.2) is 36.1 Å². The molecule has 0 aromatic rings. The lowest BCUT2D eigenvalue weighted by Crippen LogP contribution is -2.51. The quantitative estimate of drug-likeness (QED) is 0.356. The van der Waals surface area contributed by atoms with Gasteiger partial charge in [0.05, 0.1) is 17.6 Å². The van der Waals surface area contributed by atoms with Gasteiger partial charge in [-0.3, -0.25) is 9.59 Å². The van der Waals surface area contributed by atoms with Gasteiger partial charge in [-0.1, -0.05) is 25.8 Å². The van der Waals surface area contributed by atoms with E-state index in [0.29, 0.717) is 6.20 Å². The van der Waals surface area contributed by atoms with Crippen molar-refractivity contribution < 1.29 is 41.0 Å². The Labute approximate surface area is 199 Å². The zero-order chi connectivity index (χ0) is 26.5. The van der Waals surface area contributed by atoms with E-state index in [1.807, 2.05) is 5.32 Å². The van der Waals surface area contributed by atoms with E-state index in [2.05, 4.69) is 6.58 Å². The zero-order valence-corrected chi connectivity index (χ0v) is 19.3. The first kappa shape index (κ1) is 28.9. The molecule has 35 heavy (non-hydrogen) atoms. The number of allylic oxidation sites excluding steroid dienone is 4. The van der Waals surface area contributed by atoms with Crippen LogP contribution in [0.25, 0.3) is 0 Å². The second-order valence-corrected chi connectivity index (χ2v) is 9.40. The van der Waals surface area contributed by atoms with Crippen LogP contribution in [0.4, 0.5) is 26.3 Å². The Hall–Kier alpha value is -2.34. The Morgan fingerprint density at radius 2 is 1.54 bits per heavy atom. The molecule has 2 amide bonds. The highest BCUT2D eigenvalue weighted by molar-refractivity contribution is 5.79. The van der Waals surface area contributed by atoms with Crippen molar-refractivity contribution in [3.05, 3.63) is 36.1 Å². The van der Waals surface area contributed by atoms with E-state index < -0.39 is 47.0 Å². The number of nitrogens with one attached hydrogen (secondary N) is 1. The number of carbonyl (C=O) groups excluding carboxylic acids is 2. The Morgan fingerprint density at radius 1 is 0.971 bits per heavy atom. The normalized spacial score (nSPS) is 21.1. The van der Waals surface area contributed by atoms with Crippen LogP contribution >= 0.6 is 0 Å². The molecule has 2 fully saturated rings. The standard InChI is InChI=1S/C23H31F6N3O3/c1-16(22(24,25)26)13-17(23(27,28)29)5-10-31-18(33)14-21(35)8-11-32(12-9-21)19(34)15-20(30)6-3-2-4-7-20/h5,10,13,35H,1-4,6-9,11-12,14-15,30H2,(H,31,33). The Balaban J connectivity index is 1.88. The van der Waals surface area contributed by atoms with Gasteiger partial charge in [0, 0.05) is 36.8 Å². The monoisotopic (exact) mass is 511 g/mol. The molecule has 0 bridgehead atoms. The summed E-state index contributed by atoms with van der Waals surface area (Å²) >= 11 is 0. The number of nitrogens with zero attached hydrogens (tertiary/aromatic N) is 1. The van der Waals surface area contributed by atoms with Gasteiger partial charge in [-0.05, 0) is 37.8 Å². The molecule has 0 radical (unpaired) electrons. The molecule has 0 atom stereocenters. The summed E-state index contributed by atoms with van der Waals surface area (Å²) in [6, 6.07) is 0. The molecule has 12 heteroatoms. The largest absolute Gasteiger partial charge is 0.416 e. The third kappa shape index (κ3) is 8.99. The molecule has 4 N–H and O–H groups in total. The first-order valence-corrected chi connectivity index (χ1v) is 11.3. The van der Waals surface area contributed by atoms with E-state index in [9.17, 15) is 41.0 Å². The summed E-state index contributed by atoms with van der Waals surface area (Å²) in [4.78, 5) is 26.3. The fourth-order valence-corrected chi connectivity index (χ4v) is 4.26. The topological polar surface area (TPSA) is 95.7 Å². The Bertz CT molecular complexity index is 850. The summed E-state index contributed by atoms with van der Waals surface area (Å²) in [6.45, 7) is 2.98. The number of rotatable bonds is 7. The maximum atomic E-state index is 13.0. The summed E-state index contributed by atoms with van der Waals surface area (Å²) in [5.41, 5.74) is 1.00. The number of piperidine rings is 1. The molecule has 0 spiro atoms. The number of hydrogen-bond acceptors (Lipinski definition) is 4. The SMILES string of the molecule is C=C(C=C(C=CNC(=O)CC1(O)CCN(C(=O)CC2(N)CCCCC2)CC1)C(F)(F)F)C(F)(F)F. The van der Waals surface area contributed by atoms with Gasteiger partial charge in [0.15, 0.2) is 0 Å². The minimum atomic E-state index is -5.10. The summed E-state index contributed by atoms with van der Waals surface area (Å²) < 4.78 is 76.4. The molecular weight excluding hydrogens is 480 g/mol. The molecule has 1 heterocycles. The molecule has 0 aromatic carbocycles. The molecule has 1 aliphatic carbocycles. The summed E-state index contributed by atoms with van der Waals surface area (Å²) in [5, 5.41) is 12.7. The van der Waals surface area contributed by atoms with E-state index in [1.165, 1.54) is 0 Å². The van der Waals surface area contributed by atoms with Crippen molar-refractivity contribution in [3.8, 4) is 0 Å². The number of carbonyl (C=O) groups is 2. The van der Waals surface area contributed by atoms with Crippen LogP contribution in [-0.2, 0) is 9.59 Å². The number of aliphatic hydroxyl groups is 1. The molecule has 6 nitrogen and oxygen atoms in total. The summed E-state index contributed by atoms with van der Waals surface area (Å²) in [5.74, 6) is -0.932. The third-order valence-corrected chi connectivity index (χ3v) is 6.42. The van der Waals surface area contributed by atoms with Crippen LogP contribution in [0.3, 0.4) is 0 Å². The second kappa shape index (κ2) is 11.2. The van der Waals surface area contributed by atoms with Gasteiger partial charge in [-0.15, -0.1) is 0 Å². The average molecular weight is 512 g/mol. The molecular formula is C23H31F6N3O3. The van der Waals surface area contributed by atoms with Crippen LogP contribution in [-0.4, -0.2) is 58.4 Å². The molecule has 2 rings (SSSR count). The third-order valence-electron chi connectivity index (χ3n) is 6.42. The fraction of sp³-hybridized carbons (Fsp3) is 0.652.